The molecule has 4 aliphatic rings. The Bertz CT molecular complexity index is 494. The number of rotatable bonds is 0. The van der Waals surface area contributed by atoms with Crippen LogP contribution >= 0.6 is 0 Å². The first-order chi connectivity index (χ1) is 10.0. The molecule has 0 aromatic carbocycles. The number of carbonyl (C=O) groups is 1. The van der Waals surface area contributed by atoms with Crippen LogP contribution in [-0.2, 0) is 4.79 Å². The smallest absolute Gasteiger partial charge is 0.155 e. The first kappa shape index (κ1) is 14.0. The van der Waals surface area contributed by atoms with Crippen LogP contribution in [0.2, 0.25) is 0 Å². The maximum atomic E-state index is 11.8. The van der Waals surface area contributed by atoms with E-state index >= 15 is 0 Å². The normalized spacial score (nSPS) is 52.7. The number of aliphatic hydroxyl groups excluding tert-OH is 1. The summed E-state index contributed by atoms with van der Waals surface area (Å²) in [7, 11) is 0. The van der Waals surface area contributed by atoms with Gasteiger partial charge in [0, 0.05) is 6.42 Å². The summed E-state index contributed by atoms with van der Waals surface area (Å²) in [6, 6.07) is 0. The van der Waals surface area contributed by atoms with Crippen molar-refractivity contribution in [1.29, 1.82) is 0 Å². The minimum absolute atomic E-state index is 0.0800. The Kier molecular flexibility index (Phi) is 3.12. The zero-order valence-corrected chi connectivity index (χ0v) is 13.3. The maximum Gasteiger partial charge on any atom is 0.155 e. The Morgan fingerprint density at radius 2 is 2.00 bits per heavy atom. The second kappa shape index (κ2) is 4.68. The van der Waals surface area contributed by atoms with E-state index in [0.717, 1.165) is 31.1 Å². The molecule has 0 aliphatic heterocycles. The monoisotopic (exact) mass is 288 g/mol. The molecule has 0 saturated heterocycles. The third-order valence-electron chi connectivity index (χ3n) is 7.61. The molecule has 3 saturated carbocycles. The second-order valence-electron chi connectivity index (χ2n) is 8.46. The van der Waals surface area contributed by atoms with Crippen molar-refractivity contribution in [2.45, 2.75) is 64.9 Å². The first-order valence-corrected chi connectivity index (χ1v) is 8.93. The highest BCUT2D eigenvalue weighted by Gasteiger charge is 2.56. The molecule has 0 aromatic heterocycles. The molecule has 0 spiro atoms. The number of allylic oxidation sites excluding steroid dienone is 1. The fourth-order valence-electron chi connectivity index (χ4n) is 6.47. The summed E-state index contributed by atoms with van der Waals surface area (Å²) in [5.41, 5.74) is 1.64. The topological polar surface area (TPSA) is 37.3 Å². The Morgan fingerprint density at radius 1 is 1.19 bits per heavy atom. The van der Waals surface area contributed by atoms with Crippen LogP contribution in [0.25, 0.3) is 0 Å². The Balaban J connectivity index is 1.67. The summed E-state index contributed by atoms with van der Waals surface area (Å²) in [6.45, 7) is 4.66. The van der Waals surface area contributed by atoms with Crippen LogP contribution in [0.4, 0.5) is 0 Å². The van der Waals surface area contributed by atoms with Gasteiger partial charge in [0.05, 0.1) is 6.10 Å². The molecule has 1 N–H and O–H groups in total. The van der Waals surface area contributed by atoms with Crippen LogP contribution in [0.5, 0.6) is 0 Å². The third kappa shape index (κ3) is 1.91. The zero-order chi connectivity index (χ0) is 14.8. The van der Waals surface area contributed by atoms with E-state index in [1.54, 1.807) is 0 Å². The van der Waals surface area contributed by atoms with Gasteiger partial charge in [-0.15, -0.1) is 0 Å². The van der Waals surface area contributed by atoms with E-state index in [9.17, 15) is 9.90 Å². The van der Waals surface area contributed by atoms with Gasteiger partial charge in [-0.2, -0.15) is 0 Å². The highest BCUT2D eigenvalue weighted by atomic mass is 16.3. The van der Waals surface area contributed by atoms with Gasteiger partial charge in [0.15, 0.2) is 5.78 Å². The van der Waals surface area contributed by atoms with E-state index in [-0.39, 0.29) is 11.5 Å². The van der Waals surface area contributed by atoms with Crippen LogP contribution in [0.15, 0.2) is 11.6 Å². The number of ketones is 1. The van der Waals surface area contributed by atoms with E-state index in [4.69, 9.17) is 0 Å². The summed E-state index contributed by atoms with van der Waals surface area (Å²) >= 11 is 0. The molecular weight excluding hydrogens is 260 g/mol. The molecule has 0 amide bonds. The van der Waals surface area contributed by atoms with Crippen LogP contribution in [0.3, 0.4) is 0 Å². The van der Waals surface area contributed by atoms with Crippen molar-refractivity contribution in [3.05, 3.63) is 11.6 Å². The third-order valence-corrected chi connectivity index (χ3v) is 7.61. The van der Waals surface area contributed by atoms with Gasteiger partial charge in [0.1, 0.15) is 0 Å². The lowest BCUT2D eigenvalue weighted by Crippen LogP contribution is -2.49. The minimum atomic E-state index is -0.0800. The molecule has 0 heterocycles. The summed E-state index contributed by atoms with van der Waals surface area (Å²) in [6.07, 6.45) is 9.67. The molecule has 4 aliphatic carbocycles. The van der Waals surface area contributed by atoms with Gasteiger partial charge in [0.2, 0.25) is 0 Å². The molecular formula is C19H28O2. The predicted octanol–water partition coefficient (Wildman–Crippen LogP) is 3.74. The predicted molar refractivity (Wildman–Crippen MR) is 82.6 cm³/mol. The molecule has 2 heteroatoms. The molecule has 7 atom stereocenters. The maximum absolute atomic E-state index is 11.8. The van der Waals surface area contributed by atoms with E-state index in [0.29, 0.717) is 23.5 Å². The van der Waals surface area contributed by atoms with Crippen molar-refractivity contribution >= 4 is 5.78 Å². The Hall–Kier alpha value is -0.630. The minimum Gasteiger partial charge on any atom is -0.393 e. The summed E-state index contributed by atoms with van der Waals surface area (Å²) in [5, 5.41) is 10.5. The zero-order valence-electron chi connectivity index (χ0n) is 13.3. The molecule has 2 nitrogen and oxygen atoms in total. The average Bonchev–Trinajstić information content (AvgIpc) is 2.76. The molecule has 21 heavy (non-hydrogen) atoms. The van der Waals surface area contributed by atoms with E-state index in [2.05, 4.69) is 13.8 Å². The lowest BCUT2D eigenvalue weighted by Gasteiger charge is -2.54. The number of hydrogen-bond donors (Lipinski definition) is 1. The van der Waals surface area contributed by atoms with Crippen molar-refractivity contribution in [1.82, 2.24) is 0 Å². The lowest BCUT2D eigenvalue weighted by molar-refractivity contribution is -0.116. The van der Waals surface area contributed by atoms with Gasteiger partial charge in [-0.1, -0.05) is 19.4 Å². The van der Waals surface area contributed by atoms with Gasteiger partial charge in [-0.05, 0) is 79.6 Å². The fraction of sp³-hybridized carbons (Fsp3) is 0.842. The van der Waals surface area contributed by atoms with Crippen molar-refractivity contribution in [2.24, 2.45) is 35.0 Å². The number of hydrogen-bond acceptors (Lipinski definition) is 2. The second-order valence-corrected chi connectivity index (χ2v) is 8.46. The number of fused-ring (bicyclic) bond motifs is 5. The molecule has 0 aromatic rings. The van der Waals surface area contributed by atoms with Gasteiger partial charge in [-0.3, -0.25) is 4.79 Å². The first-order valence-electron chi connectivity index (χ1n) is 8.93. The van der Waals surface area contributed by atoms with Gasteiger partial charge < -0.3 is 5.11 Å². The molecule has 116 valence electrons. The van der Waals surface area contributed by atoms with Crippen LogP contribution in [0.1, 0.15) is 58.8 Å². The summed E-state index contributed by atoms with van der Waals surface area (Å²) in [4.78, 5) is 11.8. The number of carbonyl (C=O) groups excluding carboxylic acids is 1. The van der Waals surface area contributed by atoms with Gasteiger partial charge in [-0.25, -0.2) is 0 Å². The largest absolute Gasteiger partial charge is 0.393 e. The fourth-order valence-corrected chi connectivity index (χ4v) is 6.47. The van der Waals surface area contributed by atoms with Gasteiger partial charge >= 0.3 is 0 Å². The highest BCUT2D eigenvalue weighted by molar-refractivity contribution is 5.91. The Labute approximate surface area is 128 Å². The molecule has 3 fully saturated rings. The van der Waals surface area contributed by atoms with Crippen molar-refractivity contribution < 1.29 is 9.90 Å². The Morgan fingerprint density at radius 3 is 2.81 bits per heavy atom. The quantitative estimate of drug-likeness (QED) is 0.737. The SMILES string of the molecule is CC1CC2C(CCC3(C)C(O)CCC23)C2CCC(=O)C=C12. The molecule has 0 bridgehead atoms. The van der Waals surface area contributed by atoms with Crippen molar-refractivity contribution in [3.63, 3.8) is 0 Å². The van der Waals surface area contributed by atoms with Crippen molar-refractivity contribution in [2.75, 3.05) is 0 Å². The van der Waals surface area contributed by atoms with Crippen LogP contribution in [-0.4, -0.2) is 17.0 Å². The standard InChI is InChI=1S/C19H28O2/c1-11-9-16-14(13-4-3-12(20)10-15(11)13)7-8-19(2)17(16)5-6-18(19)21/h10-11,13-14,16-18,21H,3-9H2,1-2H3. The summed E-state index contributed by atoms with van der Waals surface area (Å²) in [5.74, 6) is 3.87. The number of aliphatic hydroxyl groups is 1. The van der Waals surface area contributed by atoms with E-state index in [1.165, 1.54) is 31.3 Å². The molecule has 7 unspecified atom stereocenters. The van der Waals surface area contributed by atoms with E-state index < -0.39 is 0 Å². The van der Waals surface area contributed by atoms with Crippen LogP contribution < -0.4 is 0 Å². The average molecular weight is 288 g/mol. The van der Waals surface area contributed by atoms with E-state index in [1.807, 2.05) is 6.08 Å². The highest BCUT2D eigenvalue weighted by Crippen LogP contribution is 2.62. The van der Waals surface area contributed by atoms with Gasteiger partial charge in [0.25, 0.3) is 0 Å². The van der Waals surface area contributed by atoms with Crippen molar-refractivity contribution in [3.8, 4) is 0 Å². The van der Waals surface area contributed by atoms with Crippen LogP contribution in [0, 0.1) is 35.0 Å². The molecule has 4 rings (SSSR count). The lowest BCUT2D eigenvalue weighted by atomic mass is 9.50. The summed E-state index contributed by atoms with van der Waals surface area (Å²) < 4.78 is 0. The molecule has 0 radical (unpaired) electrons.